The maximum Gasteiger partial charge on any atom is 0.0333 e. The second-order valence-corrected chi connectivity index (χ2v) is 5.34. The van der Waals surface area contributed by atoms with E-state index in [1.807, 2.05) is 11.3 Å². The van der Waals surface area contributed by atoms with Crippen LogP contribution in [0, 0.1) is 12.8 Å². The Morgan fingerprint density at radius 3 is 2.86 bits per heavy atom. The standard InChI is InChI=1S/C12H19NS/c1-3-13-12(8-10-4-5-10)11-6-7-14-9(11)2/h6-7,10,12-13H,3-5,8H2,1-2H3. The minimum Gasteiger partial charge on any atom is -0.310 e. The fraction of sp³-hybridized carbons (Fsp3) is 0.667. The van der Waals surface area contributed by atoms with Crippen LogP contribution in [0.5, 0.6) is 0 Å². The van der Waals surface area contributed by atoms with Gasteiger partial charge in [-0.25, -0.2) is 0 Å². The highest BCUT2D eigenvalue weighted by Gasteiger charge is 2.26. The Morgan fingerprint density at radius 2 is 2.36 bits per heavy atom. The molecule has 2 rings (SSSR count). The van der Waals surface area contributed by atoms with Gasteiger partial charge in [0.15, 0.2) is 0 Å². The summed E-state index contributed by atoms with van der Waals surface area (Å²) in [6, 6.07) is 2.90. The largest absolute Gasteiger partial charge is 0.310 e. The Kier molecular flexibility index (Phi) is 3.24. The predicted octanol–water partition coefficient (Wildman–Crippen LogP) is 3.51. The lowest BCUT2D eigenvalue weighted by Crippen LogP contribution is -2.21. The molecular formula is C12H19NS. The highest BCUT2D eigenvalue weighted by molar-refractivity contribution is 7.10. The van der Waals surface area contributed by atoms with Crippen LogP contribution in [0.15, 0.2) is 11.4 Å². The molecule has 0 saturated heterocycles. The summed E-state index contributed by atoms with van der Waals surface area (Å²) >= 11 is 1.87. The van der Waals surface area contributed by atoms with Gasteiger partial charge in [-0.1, -0.05) is 19.8 Å². The molecule has 0 radical (unpaired) electrons. The van der Waals surface area contributed by atoms with Crippen molar-refractivity contribution >= 4 is 11.3 Å². The van der Waals surface area contributed by atoms with Crippen molar-refractivity contribution in [3.05, 3.63) is 21.9 Å². The van der Waals surface area contributed by atoms with Crippen molar-refractivity contribution < 1.29 is 0 Å². The summed E-state index contributed by atoms with van der Waals surface area (Å²) in [6.45, 7) is 5.51. The summed E-state index contributed by atoms with van der Waals surface area (Å²) in [5.41, 5.74) is 1.53. The fourth-order valence-corrected chi connectivity index (χ4v) is 2.77. The van der Waals surface area contributed by atoms with Crippen molar-refractivity contribution in [2.45, 2.75) is 39.2 Å². The highest BCUT2D eigenvalue weighted by Crippen LogP contribution is 2.38. The third-order valence-corrected chi connectivity index (χ3v) is 3.85. The van der Waals surface area contributed by atoms with Crippen LogP contribution in [-0.4, -0.2) is 6.54 Å². The molecule has 0 amide bonds. The lowest BCUT2D eigenvalue weighted by atomic mass is 10.0. The first-order valence-electron chi connectivity index (χ1n) is 5.58. The van der Waals surface area contributed by atoms with Crippen LogP contribution in [0.2, 0.25) is 0 Å². The summed E-state index contributed by atoms with van der Waals surface area (Å²) < 4.78 is 0. The van der Waals surface area contributed by atoms with Gasteiger partial charge in [0, 0.05) is 10.9 Å². The first-order chi connectivity index (χ1) is 6.81. The van der Waals surface area contributed by atoms with Crippen molar-refractivity contribution in [3.63, 3.8) is 0 Å². The van der Waals surface area contributed by atoms with Crippen LogP contribution in [0.3, 0.4) is 0 Å². The monoisotopic (exact) mass is 209 g/mol. The van der Waals surface area contributed by atoms with Gasteiger partial charge in [0.2, 0.25) is 0 Å². The third-order valence-electron chi connectivity index (χ3n) is 2.99. The zero-order valence-electron chi connectivity index (χ0n) is 9.05. The normalized spacial score (nSPS) is 18.4. The second kappa shape index (κ2) is 4.45. The van der Waals surface area contributed by atoms with Crippen molar-refractivity contribution in [2.75, 3.05) is 6.54 Å². The average Bonchev–Trinajstić information content (AvgIpc) is 2.87. The van der Waals surface area contributed by atoms with E-state index >= 15 is 0 Å². The molecule has 1 saturated carbocycles. The molecule has 0 aromatic carbocycles. The Hall–Kier alpha value is -0.340. The number of nitrogens with one attached hydrogen (secondary N) is 1. The molecule has 0 bridgehead atoms. The minimum absolute atomic E-state index is 0.610. The van der Waals surface area contributed by atoms with Gasteiger partial charge < -0.3 is 5.32 Å². The van der Waals surface area contributed by atoms with Gasteiger partial charge in [-0.3, -0.25) is 0 Å². The molecule has 1 aromatic rings. The van der Waals surface area contributed by atoms with E-state index in [1.54, 1.807) is 0 Å². The number of hydrogen-bond donors (Lipinski definition) is 1. The molecular weight excluding hydrogens is 190 g/mol. The van der Waals surface area contributed by atoms with E-state index in [9.17, 15) is 0 Å². The maximum absolute atomic E-state index is 3.60. The van der Waals surface area contributed by atoms with Gasteiger partial charge in [0.25, 0.3) is 0 Å². The Balaban J connectivity index is 2.04. The van der Waals surface area contributed by atoms with E-state index in [1.165, 1.54) is 29.7 Å². The predicted molar refractivity (Wildman–Crippen MR) is 62.8 cm³/mol. The molecule has 1 atom stereocenters. The van der Waals surface area contributed by atoms with Crippen molar-refractivity contribution in [1.82, 2.24) is 5.32 Å². The first-order valence-corrected chi connectivity index (χ1v) is 6.46. The zero-order chi connectivity index (χ0) is 9.97. The van der Waals surface area contributed by atoms with Gasteiger partial charge in [0.05, 0.1) is 0 Å². The van der Waals surface area contributed by atoms with Gasteiger partial charge >= 0.3 is 0 Å². The molecule has 1 fully saturated rings. The summed E-state index contributed by atoms with van der Waals surface area (Å²) in [4.78, 5) is 1.48. The number of thiophene rings is 1. The number of aryl methyl sites for hydroxylation is 1. The summed E-state index contributed by atoms with van der Waals surface area (Å²) in [7, 11) is 0. The second-order valence-electron chi connectivity index (χ2n) is 4.22. The molecule has 78 valence electrons. The Bertz CT molecular complexity index is 288. The first kappa shape index (κ1) is 10.2. The van der Waals surface area contributed by atoms with Crippen molar-refractivity contribution in [2.24, 2.45) is 5.92 Å². The van der Waals surface area contributed by atoms with E-state index in [0.717, 1.165) is 12.5 Å². The molecule has 1 heterocycles. The molecule has 1 aliphatic carbocycles. The third kappa shape index (κ3) is 2.37. The lowest BCUT2D eigenvalue weighted by Gasteiger charge is -2.17. The number of hydrogen-bond acceptors (Lipinski definition) is 2. The molecule has 0 spiro atoms. The van der Waals surface area contributed by atoms with Crippen molar-refractivity contribution in [1.29, 1.82) is 0 Å². The van der Waals surface area contributed by atoms with Crippen LogP contribution in [0.1, 0.15) is 42.7 Å². The fourth-order valence-electron chi connectivity index (χ4n) is 2.01. The lowest BCUT2D eigenvalue weighted by molar-refractivity contribution is 0.486. The van der Waals surface area contributed by atoms with Gasteiger partial charge in [-0.05, 0) is 42.8 Å². The molecule has 2 heteroatoms. The van der Waals surface area contributed by atoms with Crippen LogP contribution in [0.4, 0.5) is 0 Å². The van der Waals surface area contributed by atoms with Crippen LogP contribution in [-0.2, 0) is 0 Å². The Morgan fingerprint density at radius 1 is 1.57 bits per heavy atom. The minimum atomic E-state index is 0.610. The molecule has 14 heavy (non-hydrogen) atoms. The quantitative estimate of drug-likeness (QED) is 0.782. The summed E-state index contributed by atoms with van der Waals surface area (Å²) in [5, 5.41) is 5.81. The smallest absolute Gasteiger partial charge is 0.0333 e. The SMILES string of the molecule is CCNC(CC1CC1)c1ccsc1C. The molecule has 1 unspecified atom stereocenters. The molecule has 1 N–H and O–H groups in total. The topological polar surface area (TPSA) is 12.0 Å². The summed E-state index contributed by atoms with van der Waals surface area (Å²) in [5.74, 6) is 0.998. The van der Waals surface area contributed by atoms with Gasteiger partial charge in [0.1, 0.15) is 0 Å². The van der Waals surface area contributed by atoms with E-state index < -0.39 is 0 Å². The summed E-state index contributed by atoms with van der Waals surface area (Å²) in [6.07, 6.45) is 4.24. The van der Waals surface area contributed by atoms with Crippen LogP contribution < -0.4 is 5.32 Å². The Labute approximate surface area is 90.5 Å². The van der Waals surface area contributed by atoms with Crippen molar-refractivity contribution in [3.8, 4) is 0 Å². The van der Waals surface area contributed by atoms with E-state index in [-0.39, 0.29) is 0 Å². The molecule has 1 aromatic heterocycles. The van der Waals surface area contributed by atoms with Crippen LogP contribution >= 0.6 is 11.3 Å². The average molecular weight is 209 g/mol. The highest BCUT2D eigenvalue weighted by atomic mass is 32.1. The zero-order valence-corrected chi connectivity index (χ0v) is 9.86. The number of rotatable bonds is 5. The van der Waals surface area contributed by atoms with E-state index in [4.69, 9.17) is 0 Å². The van der Waals surface area contributed by atoms with E-state index in [0.29, 0.717) is 6.04 Å². The van der Waals surface area contributed by atoms with Crippen LogP contribution in [0.25, 0.3) is 0 Å². The van der Waals surface area contributed by atoms with E-state index in [2.05, 4.69) is 30.6 Å². The molecule has 1 nitrogen and oxygen atoms in total. The molecule has 1 aliphatic rings. The van der Waals surface area contributed by atoms with Gasteiger partial charge in [-0.15, -0.1) is 11.3 Å². The maximum atomic E-state index is 3.60. The van der Waals surface area contributed by atoms with Gasteiger partial charge in [-0.2, -0.15) is 0 Å². The molecule has 0 aliphatic heterocycles.